The fourth-order valence-electron chi connectivity index (χ4n) is 5.85. The van der Waals surface area contributed by atoms with E-state index in [-0.39, 0.29) is 17.2 Å². The molecule has 4 heterocycles. The van der Waals surface area contributed by atoms with Gasteiger partial charge in [-0.2, -0.15) is 13.7 Å². The predicted octanol–water partition coefficient (Wildman–Crippen LogP) is 4.99. The third-order valence-electron chi connectivity index (χ3n) is 7.76. The molecule has 1 N–H and O–H groups in total. The molecule has 0 aliphatic carbocycles. The molecule has 0 amide bonds. The van der Waals surface area contributed by atoms with Crippen LogP contribution in [-0.4, -0.2) is 48.0 Å². The maximum Gasteiger partial charge on any atom is 0.488 e. The van der Waals surface area contributed by atoms with Crippen molar-refractivity contribution in [2.75, 3.05) is 20.1 Å². The van der Waals surface area contributed by atoms with Crippen LogP contribution >= 0.6 is 0 Å². The average molecular weight is 560 g/mol. The van der Waals surface area contributed by atoms with Crippen molar-refractivity contribution in [3.05, 3.63) is 70.1 Å². The summed E-state index contributed by atoms with van der Waals surface area (Å²) in [5, 5.41) is 11.4. The summed E-state index contributed by atoms with van der Waals surface area (Å²) in [5.74, 6) is -0.241. The Morgan fingerprint density at radius 1 is 1.15 bits per heavy atom. The fourth-order valence-corrected chi connectivity index (χ4v) is 6.17. The minimum absolute atomic E-state index is 0.106. The summed E-state index contributed by atoms with van der Waals surface area (Å²) < 4.78 is 42.0. The zero-order chi connectivity index (χ0) is 28.2. The van der Waals surface area contributed by atoms with Gasteiger partial charge >= 0.3 is 10.5 Å². The first-order valence-corrected chi connectivity index (χ1v) is 14.3. The molecule has 0 radical (unpaired) electrons. The van der Waals surface area contributed by atoms with Crippen molar-refractivity contribution >= 4 is 43.3 Å². The third-order valence-corrected chi connectivity index (χ3v) is 8.15. The van der Waals surface area contributed by atoms with Crippen LogP contribution in [0.2, 0.25) is 0 Å². The lowest BCUT2D eigenvalue weighted by atomic mass is 9.95. The topological polar surface area (TPSA) is 121 Å². The Labute approximate surface area is 229 Å². The average Bonchev–Trinajstić information content (AvgIpc) is 3.31. The number of nitrogens with one attached hydrogen (secondary N) is 1. The summed E-state index contributed by atoms with van der Waals surface area (Å²) in [5.41, 5.74) is 4.69. The van der Waals surface area contributed by atoms with E-state index in [1.807, 2.05) is 25.1 Å². The van der Waals surface area contributed by atoms with Gasteiger partial charge < -0.3 is 18.6 Å². The number of halogens is 1. The molecule has 1 saturated heterocycles. The van der Waals surface area contributed by atoms with Crippen LogP contribution in [0.3, 0.4) is 0 Å². The minimum Gasteiger partial charge on any atom is -0.357 e. The Morgan fingerprint density at radius 2 is 1.93 bits per heavy atom. The molecule has 1 fully saturated rings. The van der Waals surface area contributed by atoms with Crippen molar-refractivity contribution in [3.8, 4) is 22.9 Å². The number of nitriles is 1. The molecule has 1 aliphatic rings. The van der Waals surface area contributed by atoms with Crippen LogP contribution in [0.1, 0.15) is 36.9 Å². The molecule has 2 aromatic carbocycles. The normalized spacial score (nSPS) is 15.2. The Bertz CT molecular complexity index is 2020. The highest BCUT2D eigenvalue weighted by Crippen LogP contribution is 2.36. The van der Waals surface area contributed by atoms with Crippen molar-refractivity contribution < 1.29 is 16.5 Å². The fraction of sp³-hybridized carbons (Fsp3) is 0.276. The van der Waals surface area contributed by atoms with Gasteiger partial charge in [0.1, 0.15) is 5.65 Å². The molecule has 0 atom stereocenters. The molecule has 1 aliphatic heterocycles. The highest BCUT2D eigenvalue weighted by atomic mass is 32.3. The monoisotopic (exact) mass is 559 g/mol. The van der Waals surface area contributed by atoms with E-state index in [1.54, 1.807) is 18.3 Å². The van der Waals surface area contributed by atoms with Crippen molar-refractivity contribution in [3.63, 3.8) is 0 Å². The first-order chi connectivity index (χ1) is 19.2. The molecular weight excluding hydrogens is 533 g/mol. The number of fused-ring (bicyclic) bond motifs is 4. The first kappa shape index (κ1) is 26.0. The van der Waals surface area contributed by atoms with Gasteiger partial charge in [0.25, 0.3) is 0 Å². The van der Waals surface area contributed by atoms with E-state index >= 15 is 0 Å². The van der Waals surface area contributed by atoms with Crippen molar-refractivity contribution in [2.45, 2.75) is 32.2 Å². The molecule has 40 heavy (non-hydrogen) atoms. The van der Waals surface area contributed by atoms with Gasteiger partial charge in [0, 0.05) is 34.1 Å². The number of piperidine rings is 1. The number of nitrogens with zero attached hydrogens (tertiary/aromatic N) is 4. The number of pyridine rings is 2. The smallest absolute Gasteiger partial charge is 0.357 e. The molecule has 3 aromatic heterocycles. The van der Waals surface area contributed by atoms with Crippen molar-refractivity contribution in [1.82, 2.24) is 19.4 Å². The summed E-state index contributed by atoms with van der Waals surface area (Å²) in [6.45, 7) is 3.77. The molecule has 9 nitrogen and oxygen atoms in total. The van der Waals surface area contributed by atoms with Crippen LogP contribution in [0, 0.1) is 11.3 Å². The summed E-state index contributed by atoms with van der Waals surface area (Å²) in [6.07, 6.45) is 5.04. The molecule has 0 unspecified atom stereocenters. The second-order valence-electron chi connectivity index (χ2n) is 10.2. The highest BCUT2D eigenvalue weighted by molar-refractivity contribution is 7.81. The van der Waals surface area contributed by atoms with Gasteiger partial charge in [0.2, 0.25) is 0 Å². The maximum absolute atomic E-state index is 14.1. The molecule has 0 bridgehead atoms. The molecule has 11 heteroatoms. The Kier molecular flexibility index (Phi) is 6.32. The molecular formula is C29H26FN5O4S. The van der Waals surface area contributed by atoms with E-state index in [9.17, 15) is 22.4 Å². The standard InChI is InChI=1S/C29H26FN5O4S/c1-3-18-12-24-26(13-23(18)19-11-21(16-32-15-19)39-40(30,37)38)35(20-6-8-34(2)9-7-20)29-27(28(24)36)22-5-4-17(14-31)10-25(22)33-29/h4-5,10-13,15-16,20,33H,3,6-9H2,1-2H3. The van der Waals surface area contributed by atoms with Crippen LogP contribution in [0.25, 0.3) is 44.0 Å². The van der Waals surface area contributed by atoms with Crippen LogP contribution in [0.15, 0.2) is 53.6 Å². The molecule has 5 aromatic rings. The van der Waals surface area contributed by atoms with Crippen LogP contribution < -0.4 is 9.61 Å². The number of hydrogen-bond acceptors (Lipinski definition) is 7. The number of likely N-dealkylation sites (tertiary alicyclic amines) is 1. The van der Waals surface area contributed by atoms with Crippen LogP contribution in [0.4, 0.5) is 3.89 Å². The second kappa shape index (κ2) is 9.73. The largest absolute Gasteiger partial charge is 0.488 e. The molecule has 6 rings (SSSR count). The summed E-state index contributed by atoms with van der Waals surface area (Å²) in [7, 11) is -3.12. The predicted molar refractivity (Wildman–Crippen MR) is 151 cm³/mol. The Morgan fingerprint density at radius 3 is 2.62 bits per heavy atom. The van der Waals surface area contributed by atoms with Gasteiger partial charge in [-0.25, -0.2) is 0 Å². The van der Waals surface area contributed by atoms with Crippen LogP contribution in [-0.2, 0) is 16.9 Å². The van der Waals surface area contributed by atoms with E-state index in [4.69, 9.17) is 0 Å². The van der Waals surface area contributed by atoms with Gasteiger partial charge in [0.15, 0.2) is 11.2 Å². The summed E-state index contributed by atoms with van der Waals surface area (Å²) in [6, 6.07) is 12.8. The molecule has 204 valence electrons. The molecule has 0 saturated carbocycles. The number of aromatic amines is 1. The zero-order valence-corrected chi connectivity index (χ0v) is 22.8. The van der Waals surface area contributed by atoms with Crippen molar-refractivity contribution in [1.29, 1.82) is 5.26 Å². The van der Waals surface area contributed by atoms with Gasteiger partial charge in [-0.3, -0.25) is 9.78 Å². The lowest BCUT2D eigenvalue weighted by Gasteiger charge is -2.32. The summed E-state index contributed by atoms with van der Waals surface area (Å²) in [4.78, 5) is 23.9. The number of aryl methyl sites for hydroxylation is 1. The van der Waals surface area contributed by atoms with Gasteiger partial charge in [-0.1, -0.05) is 16.9 Å². The third kappa shape index (κ3) is 4.49. The van der Waals surface area contributed by atoms with E-state index in [0.29, 0.717) is 34.0 Å². The van der Waals surface area contributed by atoms with E-state index in [1.165, 1.54) is 6.07 Å². The number of H-pyrrole nitrogens is 1. The van der Waals surface area contributed by atoms with Crippen LogP contribution in [0.5, 0.6) is 5.75 Å². The Balaban J connectivity index is 1.68. The Hall–Kier alpha value is -4.27. The zero-order valence-electron chi connectivity index (χ0n) is 21.9. The van der Waals surface area contributed by atoms with Gasteiger partial charge in [0.05, 0.1) is 28.7 Å². The highest BCUT2D eigenvalue weighted by Gasteiger charge is 2.25. The maximum atomic E-state index is 14.1. The summed E-state index contributed by atoms with van der Waals surface area (Å²) >= 11 is 0. The van der Waals surface area contributed by atoms with E-state index in [2.05, 4.69) is 36.7 Å². The van der Waals surface area contributed by atoms with E-state index < -0.39 is 10.5 Å². The quantitative estimate of drug-likeness (QED) is 0.301. The first-order valence-electron chi connectivity index (χ1n) is 13.0. The van der Waals surface area contributed by atoms with Gasteiger partial charge in [-0.15, -0.1) is 0 Å². The van der Waals surface area contributed by atoms with E-state index in [0.717, 1.165) is 59.7 Å². The number of aromatic nitrogens is 3. The van der Waals surface area contributed by atoms with Crippen molar-refractivity contribution in [2.24, 2.45) is 0 Å². The second-order valence-corrected chi connectivity index (χ2v) is 11.2. The minimum atomic E-state index is -5.21. The number of benzene rings is 2. The SMILES string of the molecule is CCc1cc2c(=O)c3c4ccc(C#N)cc4[nH]c3n(C3CCN(C)CC3)c2cc1-c1cncc(OS(=O)(=O)F)c1. The number of hydrogen-bond donors (Lipinski definition) is 1. The number of rotatable bonds is 5. The lowest BCUT2D eigenvalue weighted by Crippen LogP contribution is -2.32. The van der Waals surface area contributed by atoms with Gasteiger partial charge in [-0.05, 0) is 80.9 Å². The lowest BCUT2D eigenvalue weighted by molar-refractivity contribution is 0.226. The molecule has 0 spiro atoms.